The van der Waals surface area contributed by atoms with Crippen molar-refractivity contribution in [2.24, 2.45) is 0 Å². The summed E-state index contributed by atoms with van der Waals surface area (Å²) in [6, 6.07) is 10.3. The Morgan fingerprint density at radius 3 is 2.35 bits per heavy atom. The summed E-state index contributed by atoms with van der Waals surface area (Å²) >= 11 is 0. The number of hydrogen-bond acceptors (Lipinski definition) is 4. The van der Waals surface area contributed by atoms with Crippen molar-refractivity contribution in [3.63, 3.8) is 0 Å². The molecule has 0 aromatic heterocycles. The molecule has 0 saturated carbocycles. The van der Waals surface area contributed by atoms with Gasteiger partial charge in [0.05, 0.1) is 13.2 Å². The number of methoxy groups -OCH3 is 1. The molecule has 1 aliphatic heterocycles. The van der Waals surface area contributed by atoms with Crippen LogP contribution in [0.4, 0.5) is 0 Å². The summed E-state index contributed by atoms with van der Waals surface area (Å²) in [7, 11) is 1.35. The summed E-state index contributed by atoms with van der Waals surface area (Å²) in [5.41, 5.74) is 1.32. The maximum Gasteiger partial charge on any atom is 0.302 e. The van der Waals surface area contributed by atoms with Gasteiger partial charge in [-0.1, -0.05) is 30.3 Å². The lowest BCUT2D eigenvalue weighted by Gasteiger charge is -2.35. The van der Waals surface area contributed by atoms with Crippen LogP contribution in [-0.4, -0.2) is 42.3 Å². The lowest BCUT2D eigenvalue weighted by atomic mass is 10.1. The van der Waals surface area contributed by atoms with Crippen molar-refractivity contribution in [3.05, 3.63) is 35.9 Å². The molecule has 0 bridgehead atoms. The van der Waals surface area contributed by atoms with Crippen LogP contribution in [0.5, 0.6) is 0 Å². The molecule has 1 aromatic carbocycles. The van der Waals surface area contributed by atoms with E-state index in [1.165, 1.54) is 19.6 Å². The van der Waals surface area contributed by atoms with Gasteiger partial charge in [0, 0.05) is 26.6 Å². The summed E-state index contributed by atoms with van der Waals surface area (Å²) in [6.45, 7) is 3.99. The highest BCUT2D eigenvalue weighted by Crippen LogP contribution is 2.12. The molecule has 1 aromatic rings. The van der Waals surface area contributed by atoms with Crippen molar-refractivity contribution in [3.8, 4) is 0 Å². The monoisotopic (exact) mass is 237 g/mol. The molecule has 1 aliphatic rings. The van der Waals surface area contributed by atoms with Gasteiger partial charge in [-0.15, -0.1) is 0 Å². The van der Waals surface area contributed by atoms with Crippen LogP contribution >= 0.6 is 0 Å². The Hall–Kier alpha value is -1.39. The molecular formula is C13H19NO3. The first kappa shape index (κ1) is 13.7. The van der Waals surface area contributed by atoms with Gasteiger partial charge in [0.2, 0.25) is 0 Å². The summed E-state index contributed by atoms with van der Waals surface area (Å²) in [5.74, 6) is -0.245. The van der Waals surface area contributed by atoms with Crippen molar-refractivity contribution in [1.82, 2.24) is 4.90 Å². The first-order chi connectivity index (χ1) is 8.11. The molecule has 0 atom stereocenters. The van der Waals surface area contributed by atoms with E-state index in [0.29, 0.717) is 0 Å². The topological polar surface area (TPSA) is 49.8 Å². The largest absolute Gasteiger partial charge is 0.469 e. The molecule has 1 heterocycles. The van der Waals surface area contributed by atoms with Crippen molar-refractivity contribution in [2.45, 2.75) is 19.6 Å². The molecule has 1 N–H and O–H groups in total. The van der Waals surface area contributed by atoms with Crippen LogP contribution in [0.25, 0.3) is 0 Å². The summed E-state index contributed by atoms with van der Waals surface area (Å²) in [4.78, 5) is 11.8. The Kier molecular flexibility index (Phi) is 5.66. The molecule has 0 spiro atoms. The number of carbonyl (C=O) groups excluding carboxylic acids is 1. The predicted octanol–water partition coefficient (Wildman–Crippen LogP) is 1.04. The average Bonchev–Trinajstić information content (AvgIpc) is 2.29. The van der Waals surface area contributed by atoms with Gasteiger partial charge in [-0.2, -0.15) is 0 Å². The van der Waals surface area contributed by atoms with Crippen LogP contribution in [0, 0.1) is 0 Å². The van der Waals surface area contributed by atoms with Gasteiger partial charge < -0.3 is 9.84 Å². The molecular weight excluding hydrogens is 218 g/mol. The van der Waals surface area contributed by atoms with Gasteiger partial charge in [-0.3, -0.25) is 9.69 Å². The van der Waals surface area contributed by atoms with E-state index in [0.717, 1.165) is 19.6 Å². The number of aliphatic hydroxyl groups excluding tert-OH is 1. The number of β-amino-alcohol motifs (C(OH)–C–C–N with tert-alkyl or cyclic N) is 1. The molecule has 0 radical (unpaired) electrons. The van der Waals surface area contributed by atoms with Crippen molar-refractivity contribution >= 4 is 5.97 Å². The number of rotatable bonds is 2. The Balaban J connectivity index is 0.000000249. The predicted molar refractivity (Wildman–Crippen MR) is 65.4 cm³/mol. The third-order valence-corrected chi connectivity index (χ3v) is 2.47. The van der Waals surface area contributed by atoms with Crippen molar-refractivity contribution in [1.29, 1.82) is 0 Å². The molecule has 1 saturated heterocycles. The maximum atomic E-state index is 9.59. The molecule has 0 unspecified atom stereocenters. The zero-order valence-electron chi connectivity index (χ0n) is 10.3. The maximum absolute atomic E-state index is 9.59. The molecule has 4 heteroatoms. The summed E-state index contributed by atoms with van der Waals surface area (Å²) in [6.07, 6.45) is -0.0892. The van der Waals surface area contributed by atoms with E-state index in [-0.39, 0.29) is 12.1 Å². The minimum atomic E-state index is -0.245. The van der Waals surface area contributed by atoms with Crippen molar-refractivity contribution in [2.75, 3.05) is 20.2 Å². The fraction of sp³-hybridized carbons (Fsp3) is 0.462. The molecule has 0 aliphatic carbocycles. The second-order valence-corrected chi connectivity index (χ2v) is 4.03. The Morgan fingerprint density at radius 2 is 1.94 bits per heavy atom. The number of nitrogens with zero attached hydrogens (tertiary/aromatic N) is 1. The van der Waals surface area contributed by atoms with E-state index in [1.54, 1.807) is 0 Å². The lowest BCUT2D eigenvalue weighted by molar-refractivity contribution is -0.137. The fourth-order valence-corrected chi connectivity index (χ4v) is 1.51. The third kappa shape index (κ3) is 5.47. The van der Waals surface area contributed by atoms with Crippen molar-refractivity contribution < 1.29 is 14.6 Å². The standard InChI is InChI=1S/C10H13NO.C3H6O2/c12-10-7-11(8-10)6-9-4-2-1-3-5-9;1-3(4)5-2/h1-5,10,12H,6-8H2;1-2H3. The van der Waals surface area contributed by atoms with E-state index < -0.39 is 0 Å². The van der Waals surface area contributed by atoms with E-state index in [2.05, 4.69) is 21.8 Å². The highest BCUT2D eigenvalue weighted by atomic mass is 16.5. The molecule has 1 fully saturated rings. The summed E-state index contributed by atoms with van der Waals surface area (Å²) < 4.78 is 4.11. The second-order valence-electron chi connectivity index (χ2n) is 4.03. The minimum Gasteiger partial charge on any atom is -0.469 e. The molecule has 2 rings (SSSR count). The first-order valence-electron chi connectivity index (χ1n) is 5.60. The molecule has 17 heavy (non-hydrogen) atoms. The van der Waals surface area contributed by atoms with Crippen LogP contribution < -0.4 is 0 Å². The zero-order chi connectivity index (χ0) is 12.7. The Labute approximate surface area is 102 Å². The van der Waals surface area contributed by atoms with Crippen LogP contribution in [-0.2, 0) is 16.1 Å². The van der Waals surface area contributed by atoms with E-state index >= 15 is 0 Å². The van der Waals surface area contributed by atoms with Gasteiger partial charge >= 0.3 is 5.97 Å². The normalized spacial score (nSPS) is 15.5. The van der Waals surface area contributed by atoms with Gasteiger partial charge in [0.15, 0.2) is 0 Å². The second kappa shape index (κ2) is 7.04. The van der Waals surface area contributed by atoms with Crippen LogP contribution in [0.3, 0.4) is 0 Å². The van der Waals surface area contributed by atoms with Crippen LogP contribution in [0.15, 0.2) is 30.3 Å². The number of ether oxygens (including phenoxy) is 1. The quantitative estimate of drug-likeness (QED) is 0.781. The van der Waals surface area contributed by atoms with Gasteiger partial charge in [-0.05, 0) is 5.56 Å². The van der Waals surface area contributed by atoms with Gasteiger partial charge in [0.1, 0.15) is 0 Å². The number of benzene rings is 1. The van der Waals surface area contributed by atoms with E-state index in [1.807, 2.05) is 18.2 Å². The van der Waals surface area contributed by atoms with Crippen LogP contribution in [0.2, 0.25) is 0 Å². The molecule has 94 valence electrons. The zero-order valence-corrected chi connectivity index (χ0v) is 10.3. The van der Waals surface area contributed by atoms with E-state index in [4.69, 9.17) is 5.11 Å². The summed E-state index contributed by atoms with van der Waals surface area (Å²) in [5, 5.41) is 9.05. The number of carbonyl (C=O) groups is 1. The Bertz CT molecular complexity index is 334. The number of esters is 1. The fourth-order valence-electron chi connectivity index (χ4n) is 1.51. The van der Waals surface area contributed by atoms with Gasteiger partial charge in [-0.25, -0.2) is 0 Å². The number of aliphatic hydroxyl groups is 1. The van der Waals surface area contributed by atoms with Crippen LogP contribution in [0.1, 0.15) is 12.5 Å². The number of hydrogen-bond donors (Lipinski definition) is 1. The van der Waals surface area contributed by atoms with Gasteiger partial charge in [0.25, 0.3) is 0 Å². The highest BCUT2D eigenvalue weighted by molar-refractivity contribution is 5.65. The minimum absolute atomic E-state index is 0.0892. The third-order valence-electron chi connectivity index (χ3n) is 2.47. The van der Waals surface area contributed by atoms with E-state index in [9.17, 15) is 4.79 Å². The lowest BCUT2D eigenvalue weighted by Crippen LogP contribution is -2.49. The smallest absolute Gasteiger partial charge is 0.302 e. The molecule has 0 amide bonds. The first-order valence-corrected chi connectivity index (χ1v) is 5.60. The molecule has 4 nitrogen and oxygen atoms in total. The SMILES string of the molecule is COC(C)=O.OC1CN(Cc2ccccc2)C1. The average molecular weight is 237 g/mol. The Morgan fingerprint density at radius 1 is 1.41 bits per heavy atom. The number of likely N-dealkylation sites (tertiary alicyclic amines) is 1. The highest BCUT2D eigenvalue weighted by Gasteiger charge is 2.23.